The van der Waals surface area contributed by atoms with Crippen LogP contribution in [0.2, 0.25) is 0 Å². The van der Waals surface area contributed by atoms with Crippen LogP contribution < -0.4 is 10.6 Å². The molecule has 0 saturated carbocycles. The third kappa shape index (κ3) is 4.90. The average molecular weight is 373 g/mol. The SMILES string of the molecule is Cc1cccnc1CNC(=O)c1cn(C2CCNCC2)nn1.Cl.Cl. The van der Waals surface area contributed by atoms with E-state index >= 15 is 0 Å². The topological polar surface area (TPSA) is 84.7 Å². The summed E-state index contributed by atoms with van der Waals surface area (Å²) < 4.78 is 1.81. The van der Waals surface area contributed by atoms with Gasteiger partial charge in [0.25, 0.3) is 5.91 Å². The largest absolute Gasteiger partial charge is 0.345 e. The Balaban J connectivity index is 0.00000144. The molecule has 2 aromatic rings. The molecule has 1 aliphatic heterocycles. The van der Waals surface area contributed by atoms with Crippen molar-refractivity contribution in [2.24, 2.45) is 0 Å². The highest BCUT2D eigenvalue weighted by atomic mass is 35.5. The summed E-state index contributed by atoms with van der Waals surface area (Å²) in [5, 5.41) is 14.2. The molecule has 2 N–H and O–H groups in total. The van der Waals surface area contributed by atoms with Crippen molar-refractivity contribution in [3.63, 3.8) is 0 Å². The lowest BCUT2D eigenvalue weighted by Crippen LogP contribution is -2.29. The van der Waals surface area contributed by atoms with Crippen LogP contribution in [0.1, 0.15) is 40.6 Å². The van der Waals surface area contributed by atoms with Gasteiger partial charge in [-0.15, -0.1) is 29.9 Å². The van der Waals surface area contributed by atoms with Crippen molar-refractivity contribution in [3.05, 3.63) is 41.5 Å². The van der Waals surface area contributed by atoms with Gasteiger partial charge in [0, 0.05) is 6.20 Å². The zero-order valence-electron chi connectivity index (χ0n) is 13.4. The maximum Gasteiger partial charge on any atom is 0.273 e. The quantitative estimate of drug-likeness (QED) is 0.852. The standard InChI is InChI=1S/C15H20N6O.2ClH/c1-11-3-2-6-17-13(11)9-18-15(22)14-10-21(20-19-14)12-4-7-16-8-5-12;;/h2-3,6,10,12,16H,4-5,7-9H2,1H3,(H,18,22);2*1H. The van der Waals surface area contributed by atoms with Gasteiger partial charge in [-0.2, -0.15) is 0 Å². The van der Waals surface area contributed by atoms with Gasteiger partial charge >= 0.3 is 0 Å². The molecule has 1 fully saturated rings. The summed E-state index contributed by atoms with van der Waals surface area (Å²) in [6.07, 6.45) is 5.48. The third-order valence-corrected chi connectivity index (χ3v) is 3.96. The number of amides is 1. The minimum atomic E-state index is -0.217. The molecule has 3 heterocycles. The number of halogens is 2. The fourth-order valence-corrected chi connectivity index (χ4v) is 2.59. The first kappa shape index (κ1) is 20.3. The Morgan fingerprint density at radius 2 is 2.12 bits per heavy atom. The van der Waals surface area contributed by atoms with E-state index in [1.807, 2.05) is 23.7 Å². The molecule has 7 nitrogen and oxygen atoms in total. The Bertz CT molecular complexity index is 657. The zero-order chi connectivity index (χ0) is 15.4. The van der Waals surface area contributed by atoms with Crippen molar-refractivity contribution in [1.82, 2.24) is 30.6 Å². The molecular weight excluding hydrogens is 351 g/mol. The molecule has 0 atom stereocenters. The second-order valence-corrected chi connectivity index (χ2v) is 5.51. The van der Waals surface area contributed by atoms with E-state index in [1.54, 1.807) is 12.4 Å². The van der Waals surface area contributed by atoms with Gasteiger partial charge in [0.1, 0.15) is 0 Å². The highest BCUT2D eigenvalue weighted by molar-refractivity contribution is 5.91. The van der Waals surface area contributed by atoms with Crippen molar-refractivity contribution in [2.45, 2.75) is 32.4 Å². The van der Waals surface area contributed by atoms with Gasteiger partial charge in [0.05, 0.1) is 24.5 Å². The van der Waals surface area contributed by atoms with Crippen LogP contribution in [0.15, 0.2) is 24.5 Å². The smallest absolute Gasteiger partial charge is 0.273 e. The predicted molar refractivity (Wildman–Crippen MR) is 95.8 cm³/mol. The van der Waals surface area contributed by atoms with Gasteiger partial charge in [0.2, 0.25) is 0 Å². The van der Waals surface area contributed by atoms with E-state index < -0.39 is 0 Å². The summed E-state index contributed by atoms with van der Waals surface area (Å²) in [5.41, 5.74) is 2.27. The number of pyridine rings is 1. The van der Waals surface area contributed by atoms with E-state index in [9.17, 15) is 4.79 Å². The van der Waals surface area contributed by atoms with Gasteiger partial charge < -0.3 is 10.6 Å². The van der Waals surface area contributed by atoms with Crippen LogP contribution in [0, 0.1) is 6.92 Å². The average Bonchev–Trinajstić information content (AvgIpc) is 3.05. The number of aromatic nitrogens is 4. The highest BCUT2D eigenvalue weighted by Crippen LogP contribution is 2.17. The molecule has 1 saturated heterocycles. The van der Waals surface area contributed by atoms with Crippen molar-refractivity contribution < 1.29 is 4.79 Å². The molecule has 0 aliphatic carbocycles. The number of nitrogens with zero attached hydrogens (tertiary/aromatic N) is 4. The van der Waals surface area contributed by atoms with Crippen molar-refractivity contribution in [3.8, 4) is 0 Å². The van der Waals surface area contributed by atoms with E-state index in [0.717, 1.165) is 37.2 Å². The van der Waals surface area contributed by atoms with Gasteiger partial charge in [0.15, 0.2) is 5.69 Å². The number of hydrogen-bond donors (Lipinski definition) is 2. The van der Waals surface area contributed by atoms with E-state index in [-0.39, 0.29) is 30.7 Å². The minimum absolute atomic E-state index is 0. The van der Waals surface area contributed by atoms with E-state index in [2.05, 4.69) is 25.9 Å². The number of carbonyl (C=O) groups excluding carboxylic acids is 1. The Morgan fingerprint density at radius 3 is 2.83 bits per heavy atom. The Kier molecular flexibility index (Phi) is 8.10. The van der Waals surface area contributed by atoms with Gasteiger partial charge in [-0.1, -0.05) is 11.3 Å². The molecule has 0 bridgehead atoms. The number of nitrogens with one attached hydrogen (secondary N) is 2. The maximum atomic E-state index is 12.2. The number of hydrogen-bond acceptors (Lipinski definition) is 5. The van der Waals surface area contributed by atoms with Crippen LogP contribution in [0.25, 0.3) is 0 Å². The molecule has 0 radical (unpaired) electrons. The van der Waals surface area contributed by atoms with E-state index in [0.29, 0.717) is 18.3 Å². The lowest BCUT2D eigenvalue weighted by Gasteiger charge is -2.22. The number of carbonyl (C=O) groups is 1. The monoisotopic (exact) mass is 372 g/mol. The molecule has 0 unspecified atom stereocenters. The molecule has 0 aromatic carbocycles. The lowest BCUT2D eigenvalue weighted by atomic mass is 10.1. The van der Waals surface area contributed by atoms with Crippen LogP contribution >= 0.6 is 24.8 Å². The number of rotatable bonds is 4. The molecule has 2 aromatic heterocycles. The summed E-state index contributed by atoms with van der Waals surface area (Å²) in [7, 11) is 0. The molecule has 0 spiro atoms. The van der Waals surface area contributed by atoms with E-state index in [4.69, 9.17) is 0 Å². The Labute approximate surface area is 153 Å². The van der Waals surface area contributed by atoms with Gasteiger partial charge in [-0.3, -0.25) is 9.78 Å². The van der Waals surface area contributed by atoms with Crippen molar-refractivity contribution >= 4 is 30.7 Å². The molecule has 24 heavy (non-hydrogen) atoms. The molecule has 1 aliphatic rings. The van der Waals surface area contributed by atoms with Gasteiger partial charge in [-0.05, 0) is 44.5 Å². The van der Waals surface area contributed by atoms with Crippen LogP contribution in [0.5, 0.6) is 0 Å². The van der Waals surface area contributed by atoms with Crippen molar-refractivity contribution in [2.75, 3.05) is 13.1 Å². The predicted octanol–water partition coefficient (Wildman–Crippen LogP) is 1.68. The summed E-state index contributed by atoms with van der Waals surface area (Å²) in [4.78, 5) is 16.4. The Hall–Kier alpha value is -1.70. The normalized spacial score (nSPS) is 14.4. The van der Waals surface area contributed by atoms with Crippen LogP contribution in [-0.2, 0) is 6.54 Å². The molecule has 9 heteroatoms. The summed E-state index contributed by atoms with van der Waals surface area (Å²) in [5.74, 6) is -0.217. The maximum absolute atomic E-state index is 12.2. The fraction of sp³-hybridized carbons (Fsp3) is 0.467. The third-order valence-electron chi connectivity index (χ3n) is 3.96. The first-order valence-electron chi connectivity index (χ1n) is 7.55. The van der Waals surface area contributed by atoms with Gasteiger partial charge in [-0.25, -0.2) is 4.68 Å². The second-order valence-electron chi connectivity index (χ2n) is 5.51. The minimum Gasteiger partial charge on any atom is -0.345 e. The lowest BCUT2D eigenvalue weighted by molar-refractivity contribution is 0.0945. The van der Waals surface area contributed by atoms with Crippen LogP contribution in [0.3, 0.4) is 0 Å². The zero-order valence-corrected chi connectivity index (χ0v) is 15.1. The second kappa shape index (κ2) is 9.56. The first-order chi connectivity index (χ1) is 10.7. The molecule has 3 rings (SSSR count). The first-order valence-corrected chi connectivity index (χ1v) is 7.55. The molecule has 1 amide bonds. The number of aryl methyl sites for hydroxylation is 1. The summed E-state index contributed by atoms with van der Waals surface area (Å²) >= 11 is 0. The van der Waals surface area contributed by atoms with Crippen LogP contribution in [0.4, 0.5) is 0 Å². The van der Waals surface area contributed by atoms with Crippen LogP contribution in [-0.4, -0.2) is 39.0 Å². The summed E-state index contributed by atoms with van der Waals surface area (Å²) in [6.45, 7) is 4.32. The van der Waals surface area contributed by atoms with Crippen molar-refractivity contribution in [1.29, 1.82) is 0 Å². The molecule has 132 valence electrons. The fourth-order valence-electron chi connectivity index (χ4n) is 2.59. The summed E-state index contributed by atoms with van der Waals surface area (Å²) in [6, 6.07) is 4.18. The Morgan fingerprint density at radius 1 is 1.38 bits per heavy atom. The van der Waals surface area contributed by atoms with E-state index in [1.165, 1.54) is 0 Å². The number of piperidine rings is 1. The highest BCUT2D eigenvalue weighted by Gasteiger charge is 2.18. The molecular formula is C15H22Cl2N6O.